The van der Waals surface area contributed by atoms with E-state index in [9.17, 15) is 5.11 Å². The maximum atomic E-state index is 11.6. The van der Waals surface area contributed by atoms with Crippen LogP contribution in [0.5, 0.6) is 46.0 Å². The lowest BCUT2D eigenvalue weighted by Gasteiger charge is -2.36. The highest BCUT2D eigenvalue weighted by Crippen LogP contribution is 2.51. The van der Waals surface area contributed by atoms with Crippen LogP contribution in [0.2, 0.25) is 0 Å². The van der Waals surface area contributed by atoms with Crippen LogP contribution in [-0.2, 0) is 25.7 Å². The van der Waals surface area contributed by atoms with Gasteiger partial charge in [-0.1, -0.05) is 18.2 Å². The molecular formula is C36H38N2O6. The molecule has 4 heterocycles. The third-order valence-corrected chi connectivity index (χ3v) is 9.21. The predicted molar refractivity (Wildman–Crippen MR) is 168 cm³/mol. The van der Waals surface area contributed by atoms with Gasteiger partial charge in [0.2, 0.25) is 5.75 Å². The standard InChI is InChI=1S/C36H38N2O6/c1-38-14-12-24-19-33(42-4)35(39)36-34(24)28(38)16-21-5-8-25(9-6-21)43-31-17-22(7-10-29(31)40-2)15-27-26-20-32(44-36)30(41-3)18-23(26)11-13-37-27/h5-10,17-20,27-28,37,39H,11-16H2,1-4H3/t27-,28-/m1/s1. The molecule has 0 aromatic heterocycles. The van der Waals surface area contributed by atoms with Crippen LogP contribution in [0.1, 0.15) is 45.5 Å². The quantitative estimate of drug-likeness (QED) is 0.278. The van der Waals surface area contributed by atoms with Crippen molar-refractivity contribution < 1.29 is 28.8 Å². The summed E-state index contributed by atoms with van der Waals surface area (Å²) in [6.45, 7) is 1.73. The van der Waals surface area contributed by atoms with E-state index in [4.69, 9.17) is 23.7 Å². The average molecular weight is 595 g/mol. The van der Waals surface area contributed by atoms with Gasteiger partial charge in [-0.05, 0) is 110 Å². The van der Waals surface area contributed by atoms with Crippen molar-refractivity contribution in [3.05, 3.63) is 94.0 Å². The lowest BCUT2D eigenvalue weighted by Crippen LogP contribution is -2.34. The van der Waals surface area contributed by atoms with Gasteiger partial charge in [-0.2, -0.15) is 0 Å². The number of ether oxygens (including phenoxy) is 5. The summed E-state index contributed by atoms with van der Waals surface area (Å²) in [5.41, 5.74) is 6.69. The van der Waals surface area contributed by atoms with Crippen LogP contribution in [-0.4, -0.2) is 51.5 Å². The van der Waals surface area contributed by atoms with E-state index >= 15 is 0 Å². The maximum Gasteiger partial charge on any atom is 0.201 e. The molecular weight excluding hydrogens is 556 g/mol. The molecule has 6 bridgehead atoms. The Balaban J connectivity index is 1.43. The zero-order chi connectivity index (χ0) is 30.4. The first-order valence-corrected chi connectivity index (χ1v) is 15.1. The van der Waals surface area contributed by atoms with Gasteiger partial charge in [0, 0.05) is 24.2 Å². The van der Waals surface area contributed by atoms with Crippen LogP contribution < -0.4 is 29.0 Å². The number of phenols is 1. The number of nitrogens with one attached hydrogen (secondary N) is 1. The molecule has 0 aliphatic carbocycles. The van der Waals surface area contributed by atoms with Crippen molar-refractivity contribution in [3.8, 4) is 46.0 Å². The Labute approximate surface area is 258 Å². The number of methoxy groups -OCH3 is 3. The van der Waals surface area contributed by atoms with Gasteiger partial charge in [0.25, 0.3) is 0 Å². The number of rotatable bonds is 3. The van der Waals surface area contributed by atoms with Crippen LogP contribution in [0, 0.1) is 0 Å². The second-order valence-electron chi connectivity index (χ2n) is 11.8. The fraction of sp³-hybridized carbons (Fsp3) is 0.333. The van der Waals surface area contributed by atoms with Crippen molar-refractivity contribution in [1.82, 2.24) is 10.2 Å². The first kappa shape index (κ1) is 28.4. The van der Waals surface area contributed by atoms with Gasteiger partial charge in [-0.3, -0.25) is 4.90 Å². The summed E-state index contributed by atoms with van der Waals surface area (Å²) in [5.74, 6) is 4.11. The summed E-state index contributed by atoms with van der Waals surface area (Å²) in [4.78, 5) is 2.32. The van der Waals surface area contributed by atoms with Crippen LogP contribution in [0.15, 0.2) is 60.7 Å². The average Bonchev–Trinajstić information content (AvgIpc) is 3.04. The van der Waals surface area contributed by atoms with E-state index in [0.717, 1.165) is 72.3 Å². The lowest BCUT2D eigenvalue weighted by atomic mass is 9.87. The first-order chi connectivity index (χ1) is 21.4. The topological polar surface area (TPSA) is 81.7 Å². The Morgan fingerprint density at radius 2 is 1.50 bits per heavy atom. The van der Waals surface area contributed by atoms with Gasteiger partial charge in [-0.25, -0.2) is 0 Å². The van der Waals surface area contributed by atoms with E-state index in [1.165, 1.54) is 5.56 Å². The van der Waals surface area contributed by atoms with Gasteiger partial charge in [-0.15, -0.1) is 0 Å². The third kappa shape index (κ3) is 5.08. The molecule has 0 amide bonds. The molecule has 0 unspecified atom stereocenters. The van der Waals surface area contributed by atoms with Gasteiger partial charge in [0.05, 0.1) is 21.3 Å². The summed E-state index contributed by atoms with van der Waals surface area (Å²) in [6.07, 6.45) is 3.15. The van der Waals surface area contributed by atoms with Gasteiger partial charge >= 0.3 is 0 Å². The Morgan fingerprint density at radius 3 is 2.27 bits per heavy atom. The SMILES string of the molecule is COc1ccc2cc1Oc1ccc(cc1)C[C@@H]1c3c(cc(OC)c(O)c3Oc3cc4c(cc3OC)CCN[C@@H]4C2)CCN1C. The van der Waals surface area contributed by atoms with Crippen molar-refractivity contribution in [2.75, 3.05) is 41.5 Å². The zero-order valence-corrected chi connectivity index (χ0v) is 25.6. The van der Waals surface area contributed by atoms with E-state index in [0.29, 0.717) is 34.5 Å². The molecule has 0 radical (unpaired) electrons. The predicted octanol–water partition coefficient (Wildman–Crippen LogP) is 6.52. The van der Waals surface area contributed by atoms with Crippen LogP contribution >= 0.6 is 0 Å². The molecule has 4 aliphatic heterocycles. The molecule has 0 saturated heterocycles. The highest BCUT2D eigenvalue weighted by molar-refractivity contribution is 5.63. The first-order valence-electron chi connectivity index (χ1n) is 15.1. The number of nitrogens with zero attached hydrogens (tertiary/aromatic N) is 1. The van der Waals surface area contributed by atoms with Crippen molar-refractivity contribution in [1.29, 1.82) is 0 Å². The summed E-state index contributed by atoms with van der Waals surface area (Å²) in [7, 11) is 7.02. The fourth-order valence-corrected chi connectivity index (χ4v) is 6.84. The van der Waals surface area contributed by atoms with Crippen LogP contribution in [0.4, 0.5) is 0 Å². The molecule has 0 spiro atoms. The Kier molecular flexibility index (Phi) is 7.48. The van der Waals surface area contributed by atoms with E-state index in [1.54, 1.807) is 21.3 Å². The molecule has 228 valence electrons. The molecule has 2 atom stereocenters. The van der Waals surface area contributed by atoms with E-state index in [2.05, 4.69) is 53.7 Å². The van der Waals surface area contributed by atoms with Gasteiger partial charge in [0.15, 0.2) is 34.5 Å². The smallest absolute Gasteiger partial charge is 0.201 e. The van der Waals surface area contributed by atoms with E-state index in [1.807, 2.05) is 24.3 Å². The van der Waals surface area contributed by atoms with Crippen LogP contribution in [0.3, 0.4) is 0 Å². The minimum Gasteiger partial charge on any atom is -0.502 e. The molecule has 8 nitrogen and oxygen atoms in total. The number of benzene rings is 4. The summed E-state index contributed by atoms with van der Waals surface area (Å²) in [5, 5.41) is 15.3. The monoisotopic (exact) mass is 594 g/mol. The fourth-order valence-electron chi connectivity index (χ4n) is 6.84. The second-order valence-corrected chi connectivity index (χ2v) is 11.8. The van der Waals surface area contributed by atoms with Crippen LogP contribution in [0.25, 0.3) is 0 Å². The van der Waals surface area contributed by atoms with Gasteiger partial charge < -0.3 is 34.1 Å². The zero-order valence-electron chi connectivity index (χ0n) is 25.6. The van der Waals surface area contributed by atoms with Gasteiger partial charge in [0.1, 0.15) is 5.75 Å². The molecule has 0 saturated carbocycles. The Morgan fingerprint density at radius 1 is 0.773 bits per heavy atom. The summed E-state index contributed by atoms with van der Waals surface area (Å²) >= 11 is 0. The third-order valence-electron chi connectivity index (χ3n) is 9.21. The molecule has 4 aromatic rings. The second kappa shape index (κ2) is 11.6. The lowest BCUT2D eigenvalue weighted by molar-refractivity contribution is 0.221. The normalized spacial score (nSPS) is 19.1. The number of fused-ring (bicyclic) bond motifs is 2. The number of likely N-dealkylation sites (N-methyl/N-ethyl adjacent to an activating group) is 1. The van der Waals surface area contributed by atoms with Crippen molar-refractivity contribution in [2.45, 2.75) is 37.8 Å². The summed E-state index contributed by atoms with van der Waals surface area (Å²) in [6, 6.07) is 20.4. The Hall–Kier alpha value is -4.40. The summed E-state index contributed by atoms with van der Waals surface area (Å²) < 4.78 is 30.3. The maximum absolute atomic E-state index is 11.6. The molecule has 0 fully saturated rings. The van der Waals surface area contributed by atoms with Crippen molar-refractivity contribution in [2.24, 2.45) is 0 Å². The number of hydrogen-bond acceptors (Lipinski definition) is 8. The molecule has 8 rings (SSSR count). The van der Waals surface area contributed by atoms with Crippen molar-refractivity contribution in [3.63, 3.8) is 0 Å². The molecule has 4 aromatic carbocycles. The number of phenolic OH excluding ortho intramolecular Hbond substituents is 1. The molecule has 44 heavy (non-hydrogen) atoms. The van der Waals surface area contributed by atoms with E-state index in [-0.39, 0.29) is 17.8 Å². The number of hydrogen-bond donors (Lipinski definition) is 2. The molecule has 8 heteroatoms. The van der Waals surface area contributed by atoms with E-state index < -0.39 is 0 Å². The molecule has 2 N–H and O–H groups in total. The molecule has 4 aliphatic rings. The van der Waals surface area contributed by atoms with Crippen molar-refractivity contribution >= 4 is 0 Å². The minimum absolute atomic E-state index is 0.00934. The largest absolute Gasteiger partial charge is 0.502 e. The highest BCUT2D eigenvalue weighted by Gasteiger charge is 2.33. The highest BCUT2D eigenvalue weighted by atomic mass is 16.5. The Bertz CT molecular complexity index is 1700. The number of aromatic hydroxyl groups is 1. The minimum atomic E-state index is -0.0361.